The number of aryl methyl sites for hydroxylation is 1. The molecule has 0 unspecified atom stereocenters. The molecule has 0 saturated heterocycles. The second kappa shape index (κ2) is 9.97. The molecule has 0 radical (unpaired) electrons. The lowest BCUT2D eigenvalue weighted by atomic mass is 10.1. The summed E-state index contributed by atoms with van der Waals surface area (Å²) in [5.74, 6) is -0.156. The average Bonchev–Trinajstić information content (AvgIpc) is 3.52. The highest BCUT2D eigenvalue weighted by Crippen LogP contribution is 2.35. The summed E-state index contributed by atoms with van der Waals surface area (Å²) in [6.07, 6.45) is 1.42. The summed E-state index contributed by atoms with van der Waals surface area (Å²) in [4.78, 5) is 13.7. The van der Waals surface area contributed by atoms with E-state index >= 15 is 0 Å². The molecule has 0 saturated carbocycles. The first-order valence-corrected chi connectivity index (χ1v) is 12.3. The van der Waals surface area contributed by atoms with Gasteiger partial charge in [-0.25, -0.2) is 0 Å². The zero-order valence-corrected chi connectivity index (χ0v) is 20.2. The second-order valence-corrected chi connectivity index (χ2v) is 9.67. The van der Waals surface area contributed by atoms with Crippen molar-refractivity contribution in [2.24, 2.45) is 0 Å². The predicted octanol–water partition coefficient (Wildman–Crippen LogP) is 6.96. The van der Waals surface area contributed by atoms with Gasteiger partial charge in [0.15, 0.2) is 5.09 Å². The number of anilines is 1. The van der Waals surface area contributed by atoms with Crippen molar-refractivity contribution in [2.75, 3.05) is 5.32 Å². The van der Waals surface area contributed by atoms with E-state index in [0.29, 0.717) is 21.0 Å². The van der Waals surface area contributed by atoms with E-state index in [-0.39, 0.29) is 5.57 Å². The van der Waals surface area contributed by atoms with Crippen LogP contribution in [0.15, 0.2) is 98.8 Å². The van der Waals surface area contributed by atoms with Gasteiger partial charge in [-0.05, 0) is 42.0 Å². The third-order valence-corrected chi connectivity index (χ3v) is 7.01. The maximum Gasteiger partial charge on any atom is 0.268 e. The third-order valence-electron chi connectivity index (χ3n) is 5.12. The minimum Gasteiger partial charge on any atom is -0.450 e. The van der Waals surface area contributed by atoms with Crippen molar-refractivity contribution in [3.8, 4) is 16.6 Å². The van der Waals surface area contributed by atoms with Crippen LogP contribution in [0.1, 0.15) is 11.3 Å². The lowest BCUT2D eigenvalue weighted by Gasteiger charge is -2.04. The van der Waals surface area contributed by atoms with Gasteiger partial charge in [0.1, 0.15) is 22.4 Å². The van der Waals surface area contributed by atoms with Gasteiger partial charge in [0.05, 0.1) is 0 Å². The summed E-state index contributed by atoms with van der Waals surface area (Å²) < 4.78 is 5.87. The molecule has 0 aliphatic rings. The van der Waals surface area contributed by atoms with Gasteiger partial charge in [-0.2, -0.15) is 5.26 Å². The highest BCUT2D eigenvalue weighted by Gasteiger charge is 2.15. The lowest BCUT2D eigenvalue weighted by Crippen LogP contribution is -2.13. The number of rotatable bonds is 6. The summed E-state index contributed by atoms with van der Waals surface area (Å²) in [6, 6.07) is 27.6. The number of nitriles is 1. The van der Waals surface area contributed by atoms with Crippen LogP contribution < -0.4 is 5.32 Å². The molecule has 1 N–H and O–H groups in total. The van der Waals surface area contributed by atoms with E-state index in [1.807, 2.05) is 67.6 Å². The molecule has 3 aromatic carbocycles. The summed E-state index contributed by atoms with van der Waals surface area (Å²) in [5, 5.41) is 24.3. The molecule has 8 heteroatoms. The van der Waals surface area contributed by atoms with Crippen LogP contribution in [0.5, 0.6) is 0 Å². The average molecular weight is 495 g/mol. The van der Waals surface area contributed by atoms with Gasteiger partial charge < -0.3 is 4.42 Å². The number of nitrogens with zero attached hydrogens (tertiary/aromatic N) is 3. The largest absolute Gasteiger partial charge is 0.450 e. The molecule has 0 spiro atoms. The van der Waals surface area contributed by atoms with Crippen LogP contribution in [0, 0.1) is 18.3 Å². The Kier molecular flexibility index (Phi) is 6.44. The van der Waals surface area contributed by atoms with Gasteiger partial charge in [-0.1, -0.05) is 83.3 Å². The van der Waals surface area contributed by atoms with Crippen LogP contribution in [0.2, 0.25) is 0 Å². The van der Waals surface area contributed by atoms with Crippen LogP contribution in [0.4, 0.5) is 5.13 Å². The van der Waals surface area contributed by atoms with Crippen molar-refractivity contribution >= 4 is 51.0 Å². The number of aromatic nitrogens is 2. The first kappa shape index (κ1) is 22.6. The summed E-state index contributed by atoms with van der Waals surface area (Å²) in [5.41, 5.74) is 1.94. The molecule has 35 heavy (non-hydrogen) atoms. The molecule has 0 bridgehead atoms. The van der Waals surface area contributed by atoms with Crippen LogP contribution in [-0.4, -0.2) is 16.1 Å². The Morgan fingerprint density at radius 3 is 2.74 bits per heavy atom. The summed E-state index contributed by atoms with van der Waals surface area (Å²) in [6.45, 7) is 2.00. The number of nitrogens with one attached hydrogen (secondary N) is 1. The fourth-order valence-corrected chi connectivity index (χ4v) is 5.15. The first-order chi connectivity index (χ1) is 17.1. The quantitative estimate of drug-likeness (QED) is 0.203. The predicted molar refractivity (Wildman–Crippen MR) is 139 cm³/mol. The molecule has 5 rings (SSSR count). The van der Waals surface area contributed by atoms with Crippen LogP contribution in [-0.2, 0) is 4.79 Å². The molecule has 0 aliphatic heterocycles. The van der Waals surface area contributed by atoms with E-state index in [9.17, 15) is 10.1 Å². The normalized spacial score (nSPS) is 11.4. The van der Waals surface area contributed by atoms with Crippen molar-refractivity contribution in [1.82, 2.24) is 10.2 Å². The Bertz CT molecular complexity index is 1610. The molecule has 0 aliphatic carbocycles. The topological polar surface area (TPSA) is 91.8 Å². The fourth-order valence-electron chi connectivity index (χ4n) is 3.48. The molecule has 2 heterocycles. The Labute approximate surface area is 209 Å². The molecule has 170 valence electrons. The van der Waals surface area contributed by atoms with E-state index in [1.54, 1.807) is 6.07 Å². The van der Waals surface area contributed by atoms with Gasteiger partial charge in [0.2, 0.25) is 5.13 Å². The van der Waals surface area contributed by atoms with Crippen molar-refractivity contribution in [3.63, 3.8) is 0 Å². The van der Waals surface area contributed by atoms with Crippen LogP contribution in [0.3, 0.4) is 0 Å². The molecule has 0 fully saturated rings. The van der Waals surface area contributed by atoms with Crippen molar-refractivity contribution in [2.45, 2.75) is 16.9 Å². The number of hydrogen-bond acceptors (Lipinski definition) is 7. The molecule has 6 nitrogen and oxygen atoms in total. The molecule has 2 aromatic heterocycles. The maximum absolute atomic E-state index is 12.7. The Balaban J connectivity index is 1.30. The number of carbonyl (C=O) groups is 1. The molecule has 0 atom stereocenters. The fraction of sp³-hybridized carbons (Fsp3) is 0.0370. The Hall–Kier alpha value is -4.19. The van der Waals surface area contributed by atoms with Crippen molar-refractivity contribution < 1.29 is 9.21 Å². The van der Waals surface area contributed by atoms with Gasteiger partial charge in [0.25, 0.3) is 5.91 Å². The van der Waals surface area contributed by atoms with E-state index < -0.39 is 5.91 Å². The second-order valence-electron chi connectivity index (χ2n) is 7.64. The summed E-state index contributed by atoms with van der Waals surface area (Å²) in [7, 11) is 0. The first-order valence-electron chi connectivity index (χ1n) is 10.7. The van der Waals surface area contributed by atoms with E-state index in [1.165, 1.54) is 29.2 Å². The number of furan rings is 1. The maximum atomic E-state index is 12.7. The number of amides is 1. The van der Waals surface area contributed by atoms with Gasteiger partial charge in [-0.15, -0.1) is 10.2 Å². The number of hydrogen-bond donors (Lipinski definition) is 1. The molecule has 5 aromatic rings. The highest BCUT2D eigenvalue weighted by molar-refractivity contribution is 7.99. The van der Waals surface area contributed by atoms with Crippen LogP contribution in [0.25, 0.3) is 27.4 Å². The van der Waals surface area contributed by atoms with E-state index in [4.69, 9.17) is 4.42 Å². The SMILES string of the molecule is Cc1cccc(-c2nnc(NC(=O)/C(C#N)=C\c3ccc(Sc4cccc5ccccc45)o3)s2)c1. The molecular formula is C27H18N4O2S2. The third kappa shape index (κ3) is 5.17. The highest BCUT2D eigenvalue weighted by atomic mass is 32.2. The van der Waals surface area contributed by atoms with Gasteiger partial charge in [0, 0.05) is 16.5 Å². The minimum absolute atomic E-state index is 0.0895. The lowest BCUT2D eigenvalue weighted by molar-refractivity contribution is -0.112. The minimum atomic E-state index is -0.570. The van der Waals surface area contributed by atoms with E-state index in [2.05, 4.69) is 33.7 Å². The van der Waals surface area contributed by atoms with Crippen molar-refractivity contribution in [1.29, 1.82) is 5.26 Å². The molecular weight excluding hydrogens is 476 g/mol. The smallest absolute Gasteiger partial charge is 0.268 e. The van der Waals surface area contributed by atoms with E-state index in [0.717, 1.165) is 26.8 Å². The Morgan fingerprint density at radius 2 is 1.89 bits per heavy atom. The zero-order valence-electron chi connectivity index (χ0n) is 18.6. The monoisotopic (exact) mass is 494 g/mol. The van der Waals surface area contributed by atoms with Crippen LogP contribution >= 0.6 is 23.1 Å². The van der Waals surface area contributed by atoms with Gasteiger partial charge in [-0.3, -0.25) is 10.1 Å². The number of benzene rings is 3. The Morgan fingerprint density at radius 1 is 1.06 bits per heavy atom. The molecule has 1 amide bonds. The van der Waals surface area contributed by atoms with Gasteiger partial charge >= 0.3 is 0 Å². The van der Waals surface area contributed by atoms with Crippen molar-refractivity contribution in [3.05, 3.63) is 95.8 Å². The number of fused-ring (bicyclic) bond motifs is 1. The zero-order chi connectivity index (χ0) is 24.2. The summed E-state index contributed by atoms with van der Waals surface area (Å²) >= 11 is 2.74. The number of carbonyl (C=O) groups excluding carboxylic acids is 1. The standard InChI is InChI=1S/C27H18N4O2S2/c1-17-6-4-9-19(14-17)26-30-31-27(35-26)29-25(32)20(16-28)15-21-12-13-24(33-21)34-23-11-5-8-18-7-2-3-10-22(18)23/h2-15H,1H3,(H,29,31,32)/b20-15-.